The van der Waals surface area contributed by atoms with E-state index in [0.717, 1.165) is 30.3 Å². The van der Waals surface area contributed by atoms with E-state index in [2.05, 4.69) is 48.4 Å². The normalized spacial score (nSPS) is 11.1. The maximum absolute atomic E-state index is 8.89. The van der Waals surface area contributed by atoms with Gasteiger partial charge >= 0.3 is 0 Å². The number of nitrogens with one attached hydrogen (secondary N) is 1. The second-order valence-corrected chi connectivity index (χ2v) is 6.70. The number of nitriles is 1. The summed E-state index contributed by atoms with van der Waals surface area (Å²) in [5, 5.41) is 16.8. The molecule has 1 aromatic heterocycles. The van der Waals surface area contributed by atoms with Gasteiger partial charge in [0.25, 0.3) is 0 Å². The van der Waals surface area contributed by atoms with Crippen molar-refractivity contribution < 1.29 is 0 Å². The first-order valence-electron chi connectivity index (χ1n) is 8.95. The quantitative estimate of drug-likeness (QED) is 0.390. The molecule has 0 radical (unpaired) electrons. The van der Waals surface area contributed by atoms with Crippen molar-refractivity contribution in [3.05, 3.63) is 52.8 Å². The Bertz CT molecular complexity index is 786. The van der Waals surface area contributed by atoms with Gasteiger partial charge < -0.3 is 10.2 Å². The lowest BCUT2D eigenvalue weighted by molar-refractivity contribution is 0.473. The van der Waals surface area contributed by atoms with Gasteiger partial charge in [-0.3, -0.25) is 4.68 Å². The second-order valence-electron chi connectivity index (χ2n) is 6.70. The number of hydrogen-bond acceptors (Lipinski definition) is 3. The summed E-state index contributed by atoms with van der Waals surface area (Å²) >= 11 is 0. The van der Waals surface area contributed by atoms with Crippen LogP contribution >= 0.6 is 24.0 Å². The fraction of sp³-hybridized carbons (Fsp3) is 0.450. The van der Waals surface area contributed by atoms with Gasteiger partial charge in [0.2, 0.25) is 0 Å². The summed E-state index contributed by atoms with van der Waals surface area (Å²) in [7, 11) is 4.00. The van der Waals surface area contributed by atoms with Crippen LogP contribution in [-0.2, 0) is 20.1 Å². The lowest BCUT2D eigenvalue weighted by atomic mass is 10.1. The molecule has 1 N–H and O–H groups in total. The lowest BCUT2D eigenvalue weighted by Crippen LogP contribution is -2.38. The molecule has 0 unspecified atom stereocenters. The molecular formula is C20H29IN6. The Labute approximate surface area is 179 Å². The smallest absolute Gasteiger partial charge is 0.194 e. The van der Waals surface area contributed by atoms with E-state index in [1.54, 1.807) is 0 Å². The third kappa shape index (κ3) is 6.54. The predicted molar refractivity (Wildman–Crippen MR) is 120 cm³/mol. The van der Waals surface area contributed by atoms with Gasteiger partial charge in [0, 0.05) is 38.9 Å². The minimum Gasteiger partial charge on any atom is -0.357 e. The first kappa shape index (κ1) is 23.0. The molecular weight excluding hydrogens is 451 g/mol. The number of hydrogen-bond donors (Lipinski definition) is 1. The number of halogens is 1. The van der Waals surface area contributed by atoms with Gasteiger partial charge in [-0.15, -0.1) is 24.0 Å². The molecule has 0 fully saturated rings. The zero-order valence-electron chi connectivity index (χ0n) is 16.7. The van der Waals surface area contributed by atoms with Crippen LogP contribution in [0.1, 0.15) is 49.1 Å². The molecule has 7 heteroatoms. The van der Waals surface area contributed by atoms with Gasteiger partial charge in [-0.05, 0) is 30.5 Å². The number of aliphatic imine (C=N–C) groups is 1. The average Bonchev–Trinajstić information content (AvgIpc) is 2.99. The Balaban J connectivity index is 0.00000364. The Kier molecular flexibility index (Phi) is 9.29. The summed E-state index contributed by atoms with van der Waals surface area (Å²) in [6.45, 7) is 8.52. The van der Waals surface area contributed by atoms with Crippen molar-refractivity contribution >= 4 is 29.9 Å². The molecule has 2 rings (SSSR count). The third-order valence-electron chi connectivity index (χ3n) is 4.08. The van der Waals surface area contributed by atoms with Crippen molar-refractivity contribution in [3.63, 3.8) is 0 Å². The zero-order valence-corrected chi connectivity index (χ0v) is 19.1. The van der Waals surface area contributed by atoms with Gasteiger partial charge in [-0.25, -0.2) is 4.99 Å². The minimum atomic E-state index is 0. The number of aromatic nitrogens is 2. The maximum Gasteiger partial charge on any atom is 0.194 e. The maximum atomic E-state index is 8.89. The molecule has 6 nitrogen and oxygen atoms in total. The van der Waals surface area contributed by atoms with E-state index in [1.165, 1.54) is 5.56 Å². The molecule has 1 aromatic carbocycles. The van der Waals surface area contributed by atoms with Crippen LogP contribution in [0, 0.1) is 11.3 Å². The van der Waals surface area contributed by atoms with E-state index in [4.69, 9.17) is 10.3 Å². The summed E-state index contributed by atoms with van der Waals surface area (Å²) in [4.78, 5) is 6.86. The van der Waals surface area contributed by atoms with Gasteiger partial charge in [0.1, 0.15) is 0 Å². The number of rotatable bonds is 6. The number of benzene rings is 1. The van der Waals surface area contributed by atoms with E-state index in [-0.39, 0.29) is 24.0 Å². The molecule has 0 aliphatic carbocycles. The van der Waals surface area contributed by atoms with Crippen LogP contribution in [0.5, 0.6) is 0 Å². The van der Waals surface area contributed by atoms with Crippen molar-refractivity contribution in [1.82, 2.24) is 20.0 Å². The monoisotopic (exact) mass is 480 g/mol. The minimum absolute atomic E-state index is 0. The molecule has 146 valence electrons. The largest absolute Gasteiger partial charge is 0.357 e. The Morgan fingerprint density at radius 2 is 2.00 bits per heavy atom. The van der Waals surface area contributed by atoms with Crippen molar-refractivity contribution in [2.45, 2.75) is 39.8 Å². The van der Waals surface area contributed by atoms with Gasteiger partial charge in [0.05, 0.1) is 23.9 Å². The highest BCUT2D eigenvalue weighted by atomic mass is 127. The van der Waals surface area contributed by atoms with Crippen LogP contribution in [0.15, 0.2) is 35.5 Å². The van der Waals surface area contributed by atoms with Crippen molar-refractivity contribution in [2.24, 2.45) is 12.0 Å². The summed E-state index contributed by atoms with van der Waals surface area (Å²) in [6, 6.07) is 9.68. The molecule has 0 bridgehead atoms. The van der Waals surface area contributed by atoms with E-state index in [1.807, 2.05) is 43.0 Å². The molecule has 0 aliphatic rings. The van der Waals surface area contributed by atoms with Crippen LogP contribution in [0.3, 0.4) is 0 Å². The SMILES string of the molecule is CCNC(=NCc1ccc(C#N)cc1)N(C)Cc1cn(C)nc1C(C)C.I. The predicted octanol–water partition coefficient (Wildman–Crippen LogP) is 3.63. The van der Waals surface area contributed by atoms with Crippen LogP contribution in [0.25, 0.3) is 0 Å². The number of aryl methyl sites for hydroxylation is 1. The van der Waals surface area contributed by atoms with Gasteiger partial charge in [-0.2, -0.15) is 10.4 Å². The average molecular weight is 480 g/mol. The van der Waals surface area contributed by atoms with Crippen molar-refractivity contribution in [3.8, 4) is 6.07 Å². The van der Waals surface area contributed by atoms with Crippen molar-refractivity contribution in [1.29, 1.82) is 5.26 Å². The van der Waals surface area contributed by atoms with E-state index < -0.39 is 0 Å². The van der Waals surface area contributed by atoms with Crippen LogP contribution in [0.4, 0.5) is 0 Å². The number of nitrogens with zero attached hydrogens (tertiary/aromatic N) is 5. The van der Waals surface area contributed by atoms with E-state index >= 15 is 0 Å². The van der Waals surface area contributed by atoms with Crippen LogP contribution in [0.2, 0.25) is 0 Å². The van der Waals surface area contributed by atoms with Gasteiger partial charge in [0.15, 0.2) is 5.96 Å². The van der Waals surface area contributed by atoms with Gasteiger partial charge in [-0.1, -0.05) is 26.0 Å². The highest BCUT2D eigenvalue weighted by molar-refractivity contribution is 14.0. The lowest BCUT2D eigenvalue weighted by Gasteiger charge is -2.22. The summed E-state index contributed by atoms with van der Waals surface area (Å²) < 4.78 is 1.87. The highest BCUT2D eigenvalue weighted by Gasteiger charge is 2.15. The standard InChI is InChI=1S/C20H28N6.HI/c1-6-22-20(23-12-17-9-7-16(11-21)8-10-17)25(4)13-18-14-26(5)24-19(18)15(2)3;/h7-10,14-15H,6,12-13H2,1-5H3,(H,22,23);1H. The van der Waals surface area contributed by atoms with E-state index in [9.17, 15) is 0 Å². The molecule has 0 saturated carbocycles. The molecule has 0 amide bonds. The molecule has 2 aromatic rings. The fourth-order valence-corrected chi connectivity index (χ4v) is 2.81. The molecule has 0 saturated heterocycles. The van der Waals surface area contributed by atoms with Crippen LogP contribution in [-0.4, -0.2) is 34.2 Å². The summed E-state index contributed by atoms with van der Waals surface area (Å²) in [6.07, 6.45) is 2.08. The first-order valence-corrected chi connectivity index (χ1v) is 8.95. The third-order valence-corrected chi connectivity index (χ3v) is 4.08. The molecule has 27 heavy (non-hydrogen) atoms. The fourth-order valence-electron chi connectivity index (χ4n) is 2.81. The summed E-state index contributed by atoms with van der Waals surface area (Å²) in [5.74, 6) is 1.24. The molecule has 0 atom stereocenters. The summed E-state index contributed by atoms with van der Waals surface area (Å²) in [5.41, 5.74) is 4.09. The first-order chi connectivity index (χ1) is 12.4. The zero-order chi connectivity index (χ0) is 19.1. The Morgan fingerprint density at radius 3 is 2.56 bits per heavy atom. The molecule has 1 heterocycles. The second kappa shape index (κ2) is 10.9. The highest BCUT2D eigenvalue weighted by Crippen LogP contribution is 2.18. The topological polar surface area (TPSA) is 69.2 Å². The van der Waals surface area contributed by atoms with E-state index in [0.29, 0.717) is 18.0 Å². The Hall–Kier alpha value is -2.08. The number of guanidine groups is 1. The Morgan fingerprint density at radius 1 is 1.33 bits per heavy atom. The molecule has 0 aliphatic heterocycles. The van der Waals surface area contributed by atoms with Crippen LogP contribution < -0.4 is 5.32 Å². The molecule has 0 spiro atoms. The van der Waals surface area contributed by atoms with Crippen molar-refractivity contribution in [2.75, 3.05) is 13.6 Å².